The maximum atomic E-state index is 5.79. The smallest absolute Gasteiger partial charge is 0.0716 e. The first-order valence-corrected chi connectivity index (χ1v) is 8.34. The molecule has 1 fully saturated rings. The molecule has 0 N–H and O–H groups in total. The molecule has 0 saturated carbocycles. The summed E-state index contributed by atoms with van der Waals surface area (Å²) in [6.07, 6.45) is 3.70. The highest BCUT2D eigenvalue weighted by Crippen LogP contribution is 2.31. The Morgan fingerprint density at radius 3 is 2.45 bits per heavy atom. The fraction of sp³-hybridized carbons (Fsp3) is 0.400. The van der Waals surface area contributed by atoms with Crippen LogP contribution in [0.2, 0.25) is 0 Å². The van der Waals surface area contributed by atoms with Crippen molar-refractivity contribution in [3.63, 3.8) is 0 Å². The molecule has 1 aliphatic heterocycles. The predicted molar refractivity (Wildman–Crippen MR) is 90.7 cm³/mol. The molecule has 1 unspecified atom stereocenters. The van der Waals surface area contributed by atoms with Crippen LogP contribution in [0.25, 0.3) is 0 Å². The first kappa shape index (κ1) is 15.3. The molecule has 0 spiro atoms. The normalized spacial score (nSPS) is 18.6. The molecular weight excluding hydrogens is 270 g/mol. The summed E-state index contributed by atoms with van der Waals surface area (Å²) < 4.78 is 5.79. The molecular formula is C20H25NO. The molecule has 22 heavy (non-hydrogen) atoms. The number of hydrogen-bond donors (Lipinski definition) is 0. The van der Waals surface area contributed by atoms with E-state index >= 15 is 0 Å². The summed E-state index contributed by atoms with van der Waals surface area (Å²) in [6.45, 7) is 3.92. The van der Waals surface area contributed by atoms with Crippen LogP contribution in [0.15, 0.2) is 60.7 Å². The second-order valence-electron chi connectivity index (χ2n) is 6.00. The number of likely N-dealkylation sites (tertiary alicyclic amines) is 1. The molecule has 1 atom stereocenters. The van der Waals surface area contributed by atoms with Gasteiger partial charge in [-0.05, 0) is 36.9 Å². The summed E-state index contributed by atoms with van der Waals surface area (Å²) >= 11 is 0. The Hall–Kier alpha value is -1.64. The third-order valence-electron chi connectivity index (χ3n) is 4.39. The Labute approximate surface area is 133 Å². The molecule has 0 bridgehead atoms. The van der Waals surface area contributed by atoms with Gasteiger partial charge in [0.2, 0.25) is 0 Å². The van der Waals surface area contributed by atoms with Crippen molar-refractivity contribution in [3.05, 3.63) is 71.8 Å². The molecule has 1 saturated heterocycles. The van der Waals surface area contributed by atoms with Gasteiger partial charge in [0.15, 0.2) is 0 Å². The van der Waals surface area contributed by atoms with Crippen LogP contribution in [-0.4, -0.2) is 24.6 Å². The molecule has 2 nitrogen and oxygen atoms in total. The minimum absolute atomic E-state index is 0.607. The zero-order valence-corrected chi connectivity index (χ0v) is 13.2. The van der Waals surface area contributed by atoms with Crippen LogP contribution in [0, 0.1) is 0 Å². The van der Waals surface area contributed by atoms with Gasteiger partial charge in [0, 0.05) is 19.2 Å². The monoisotopic (exact) mass is 295 g/mol. The SMILES string of the molecule is c1ccc(COCCCN2CCCC2c2ccccc2)cc1. The lowest BCUT2D eigenvalue weighted by Crippen LogP contribution is -2.25. The molecule has 0 aliphatic carbocycles. The number of nitrogens with zero attached hydrogens (tertiary/aromatic N) is 1. The van der Waals surface area contributed by atoms with Crippen molar-refractivity contribution in [2.75, 3.05) is 19.7 Å². The molecule has 0 radical (unpaired) electrons. The van der Waals surface area contributed by atoms with E-state index in [9.17, 15) is 0 Å². The number of rotatable bonds is 7. The third-order valence-corrected chi connectivity index (χ3v) is 4.39. The summed E-state index contributed by atoms with van der Waals surface area (Å²) in [5.41, 5.74) is 2.72. The Morgan fingerprint density at radius 2 is 1.68 bits per heavy atom. The predicted octanol–water partition coefficient (Wildman–Crippen LogP) is 4.43. The average molecular weight is 295 g/mol. The maximum Gasteiger partial charge on any atom is 0.0716 e. The summed E-state index contributed by atoms with van der Waals surface area (Å²) in [5.74, 6) is 0. The zero-order valence-electron chi connectivity index (χ0n) is 13.2. The lowest BCUT2D eigenvalue weighted by molar-refractivity contribution is 0.106. The quantitative estimate of drug-likeness (QED) is 0.701. The van der Waals surface area contributed by atoms with Crippen molar-refractivity contribution in [1.29, 1.82) is 0 Å². The minimum atomic E-state index is 0.607. The zero-order chi connectivity index (χ0) is 15.0. The van der Waals surface area contributed by atoms with Gasteiger partial charge >= 0.3 is 0 Å². The van der Waals surface area contributed by atoms with Gasteiger partial charge in [0.1, 0.15) is 0 Å². The van der Waals surface area contributed by atoms with E-state index in [4.69, 9.17) is 4.74 Å². The van der Waals surface area contributed by atoms with Gasteiger partial charge in [-0.3, -0.25) is 4.90 Å². The molecule has 0 aromatic heterocycles. The number of ether oxygens (including phenoxy) is 1. The van der Waals surface area contributed by atoms with Gasteiger partial charge in [-0.1, -0.05) is 60.7 Å². The van der Waals surface area contributed by atoms with Crippen LogP contribution in [0.4, 0.5) is 0 Å². The van der Waals surface area contributed by atoms with Crippen LogP contribution < -0.4 is 0 Å². The van der Waals surface area contributed by atoms with Crippen molar-refractivity contribution in [3.8, 4) is 0 Å². The fourth-order valence-electron chi connectivity index (χ4n) is 3.28. The van der Waals surface area contributed by atoms with Crippen molar-refractivity contribution < 1.29 is 4.74 Å². The Bertz CT molecular complexity index is 540. The summed E-state index contributed by atoms with van der Waals surface area (Å²) in [5, 5.41) is 0. The van der Waals surface area contributed by atoms with E-state index in [0.717, 1.165) is 26.2 Å². The van der Waals surface area contributed by atoms with E-state index in [2.05, 4.69) is 59.5 Å². The highest BCUT2D eigenvalue weighted by molar-refractivity contribution is 5.20. The van der Waals surface area contributed by atoms with Crippen LogP contribution in [0.5, 0.6) is 0 Å². The van der Waals surface area contributed by atoms with Crippen molar-refractivity contribution in [2.24, 2.45) is 0 Å². The molecule has 1 aliphatic rings. The second-order valence-corrected chi connectivity index (χ2v) is 6.00. The lowest BCUT2D eigenvalue weighted by Gasteiger charge is -2.24. The van der Waals surface area contributed by atoms with E-state index in [0.29, 0.717) is 6.04 Å². The van der Waals surface area contributed by atoms with Gasteiger partial charge in [0.25, 0.3) is 0 Å². The Morgan fingerprint density at radius 1 is 0.955 bits per heavy atom. The Kier molecular flexibility index (Phi) is 5.63. The van der Waals surface area contributed by atoms with Crippen LogP contribution in [0.1, 0.15) is 36.4 Å². The van der Waals surface area contributed by atoms with Gasteiger partial charge in [-0.25, -0.2) is 0 Å². The highest BCUT2D eigenvalue weighted by atomic mass is 16.5. The molecule has 116 valence electrons. The molecule has 2 aromatic rings. The second kappa shape index (κ2) is 8.11. The summed E-state index contributed by atoms with van der Waals surface area (Å²) in [4.78, 5) is 2.61. The summed E-state index contributed by atoms with van der Waals surface area (Å²) in [6, 6.07) is 21.9. The van der Waals surface area contributed by atoms with E-state index in [1.165, 1.54) is 30.5 Å². The maximum absolute atomic E-state index is 5.79. The molecule has 2 heteroatoms. The largest absolute Gasteiger partial charge is 0.377 e. The van der Waals surface area contributed by atoms with E-state index in [1.807, 2.05) is 6.07 Å². The topological polar surface area (TPSA) is 12.5 Å². The number of benzene rings is 2. The van der Waals surface area contributed by atoms with Gasteiger partial charge < -0.3 is 4.74 Å². The Balaban J connectivity index is 1.40. The lowest BCUT2D eigenvalue weighted by atomic mass is 10.0. The highest BCUT2D eigenvalue weighted by Gasteiger charge is 2.24. The van der Waals surface area contributed by atoms with Crippen molar-refractivity contribution >= 4 is 0 Å². The van der Waals surface area contributed by atoms with Gasteiger partial charge in [-0.15, -0.1) is 0 Å². The first-order chi connectivity index (χ1) is 10.9. The number of hydrogen-bond acceptors (Lipinski definition) is 2. The van der Waals surface area contributed by atoms with E-state index < -0.39 is 0 Å². The minimum Gasteiger partial charge on any atom is -0.377 e. The van der Waals surface area contributed by atoms with Crippen LogP contribution in [0.3, 0.4) is 0 Å². The fourth-order valence-corrected chi connectivity index (χ4v) is 3.28. The van der Waals surface area contributed by atoms with Gasteiger partial charge in [0.05, 0.1) is 6.61 Å². The standard InChI is InChI=1S/C20H25NO/c1-3-9-18(10-4-1)17-22-16-8-15-21-14-7-13-20(21)19-11-5-2-6-12-19/h1-6,9-12,20H,7-8,13-17H2. The van der Waals surface area contributed by atoms with Crippen LogP contribution in [-0.2, 0) is 11.3 Å². The van der Waals surface area contributed by atoms with Crippen molar-refractivity contribution in [2.45, 2.75) is 31.9 Å². The van der Waals surface area contributed by atoms with E-state index in [1.54, 1.807) is 0 Å². The summed E-state index contributed by atoms with van der Waals surface area (Å²) in [7, 11) is 0. The van der Waals surface area contributed by atoms with E-state index in [-0.39, 0.29) is 0 Å². The molecule has 0 amide bonds. The van der Waals surface area contributed by atoms with Gasteiger partial charge in [-0.2, -0.15) is 0 Å². The molecule has 2 aromatic carbocycles. The average Bonchev–Trinajstić information content (AvgIpc) is 3.05. The first-order valence-electron chi connectivity index (χ1n) is 8.34. The molecule has 3 rings (SSSR count). The van der Waals surface area contributed by atoms with Crippen molar-refractivity contribution in [1.82, 2.24) is 4.90 Å². The molecule has 1 heterocycles. The third kappa shape index (κ3) is 4.19. The van der Waals surface area contributed by atoms with Crippen LogP contribution >= 0.6 is 0 Å².